The second-order valence-electron chi connectivity index (χ2n) is 10.4. The zero-order valence-electron chi connectivity index (χ0n) is 25.1. The van der Waals surface area contributed by atoms with Crippen LogP contribution in [0.25, 0.3) is 33.1 Å². The number of carbonyl (C=O) groups excluding carboxylic acids is 2. The normalized spacial score (nSPS) is 13.0. The molecule has 2 aromatic heterocycles. The van der Waals surface area contributed by atoms with Crippen LogP contribution in [0.1, 0.15) is 40.1 Å². The molecule has 1 fully saturated rings. The maximum absolute atomic E-state index is 13.2. The Morgan fingerprint density at radius 2 is 1.66 bits per heavy atom. The van der Waals surface area contributed by atoms with Crippen LogP contribution in [0.4, 0.5) is 10.1 Å². The fourth-order valence-corrected chi connectivity index (χ4v) is 5.57. The molecule has 3 aromatic carbocycles. The summed E-state index contributed by atoms with van der Waals surface area (Å²) in [5, 5.41) is 8.75. The molecule has 1 saturated heterocycles. The molecule has 228 valence electrons. The molecule has 2 amide bonds. The molecule has 0 radical (unpaired) electrons. The summed E-state index contributed by atoms with van der Waals surface area (Å²) < 4.78 is 22.4. The summed E-state index contributed by atoms with van der Waals surface area (Å²) in [5.41, 5.74) is 2.91. The Balaban J connectivity index is 0.000000177. The fourth-order valence-electron chi connectivity index (χ4n) is 5.25. The van der Waals surface area contributed by atoms with Gasteiger partial charge in [-0.1, -0.05) is 30.1 Å². The van der Waals surface area contributed by atoms with Gasteiger partial charge in [-0.15, -0.1) is 0 Å². The van der Waals surface area contributed by atoms with Crippen molar-refractivity contribution < 1.29 is 18.4 Å². The van der Waals surface area contributed by atoms with Crippen molar-refractivity contribution >= 4 is 51.2 Å². The molecule has 0 unspecified atom stereocenters. The molecule has 0 atom stereocenters. The van der Waals surface area contributed by atoms with E-state index >= 15 is 0 Å². The van der Waals surface area contributed by atoms with Gasteiger partial charge < -0.3 is 18.9 Å². The van der Waals surface area contributed by atoms with Gasteiger partial charge in [-0.3, -0.25) is 14.4 Å². The van der Waals surface area contributed by atoms with Crippen molar-refractivity contribution in [2.75, 3.05) is 37.7 Å². The highest BCUT2D eigenvalue weighted by atomic mass is 32.2. The third-order valence-corrected chi connectivity index (χ3v) is 8.43. The smallest absolute Gasteiger partial charge is 0.274 e. The number of benzene rings is 3. The maximum Gasteiger partial charge on any atom is 0.274 e. The Hall–Kier alpha value is -4.64. The highest BCUT2D eigenvalue weighted by molar-refractivity contribution is 7.99. The summed E-state index contributed by atoms with van der Waals surface area (Å²) in [6.45, 7) is 1.55. The first-order chi connectivity index (χ1) is 21.2. The number of likely N-dealkylation sites (tertiary alicyclic amines) is 1. The molecule has 0 aliphatic carbocycles. The predicted octanol–water partition coefficient (Wildman–Crippen LogP) is 5.87. The minimum absolute atomic E-state index is 0.0727. The summed E-state index contributed by atoms with van der Waals surface area (Å²) >= 11 is 1.58. The molecule has 6 rings (SSSR count). The first-order valence-corrected chi connectivity index (χ1v) is 15.5. The van der Waals surface area contributed by atoms with Crippen molar-refractivity contribution in [3.05, 3.63) is 94.2 Å². The molecule has 1 aliphatic rings. The lowest BCUT2D eigenvalue weighted by atomic mass is 10.0. The summed E-state index contributed by atoms with van der Waals surface area (Å²) in [6.07, 6.45) is 5.22. The van der Waals surface area contributed by atoms with Crippen LogP contribution in [0.3, 0.4) is 0 Å². The number of nitrogens with one attached hydrogen (secondary N) is 1. The van der Waals surface area contributed by atoms with Gasteiger partial charge in [-0.05, 0) is 61.7 Å². The van der Waals surface area contributed by atoms with Crippen LogP contribution in [-0.4, -0.2) is 59.9 Å². The monoisotopic (exact) mass is 615 g/mol. The number of hydrogen-bond donors (Lipinski definition) is 1. The van der Waals surface area contributed by atoms with Gasteiger partial charge in [0.05, 0.1) is 16.6 Å². The van der Waals surface area contributed by atoms with Crippen molar-refractivity contribution in [3.8, 4) is 11.3 Å². The van der Waals surface area contributed by atoms with Crippen molar-refractivity contribution in [2.24, 2.45) is 7.05 Å². The molecular weight excluding hydrogens is 581 g/mol. The molecule has 0 spiro atoms. The standard InChI is InChI=1S/C18H17FN2O2S.C15H17N3O2/c1-20-18(22)16-14-9-8-13(21(2)24-3)10-15(14)23-17(16)11-4-6-12(19)7-5-11;1-17-14(19)12-8-4-3-7-11(12)13(16-17)15(20)18-9-5-2-6-10-18/h4-10H,1-3H3,(H,20,22);3-4,7-8H,2,5-6,9-10H2,1H3. The summed E-state index contributed by atoms with van der Waals surface area (Å²) in [4.78, 5) is 38.9. The Labute approximate surface area is 258 Å². The minimum atomic E-state index is -0.333. The molecule has 44 heavy (non-hydrogen) atoms. The van der Waals surface area contributed by atoms with E-state index in [1.54, 1.807) is 56.4 Å². The number of halogens is 1. The largest absolute Gasteiger partial charge is 0.455 e. The van der Waals surface area contributed by atoms with E-state index in [0.717, 1.165) is 37.0 Å². The van der Waals surface area contributed by atoms with Crippen molar-refractivity contribution in [3.63, 3.8) is 0 Å². The van der Waals surface area contributed by atoms with Gasteiger partial charge in [0.15, 0.2) is 5.69 Å². The molecule has 1 aliphatic heterocycles. The molecule has 1 N–H and O–H groups in total. The number of nitrogens with zero attached hydrogens (tertiary/aromatic N) is 4. The quantitative estimate of drug-likeness (QED) is 0.247. The van der Waals surface area contributed by atoms with Crippen molar-refractivity contribution in [1.82, 2.24) is 20.0 Å². The number of carbonyl (C=O) groups is 2. The van der Waals surface area contributed by atoms with Crippen LogP contribution in [0, 0.1) is 5.82 Å². The number of anilines is 1. The van der Waals surface area contributed by atoms with Crippen LogP contribution in [-0.2, 0) is 7.05 Å². The highest BCUT2D eigenvalue weighted by Gasteiger charge is 2.23. The van der Waals surface area contributed by atoms with Crippen LogP contribution < -0.4 is 15.2 Å². The van der Waals surface area contributed by atoms with E-state index in [9.17, 15) is 18.8 Å². The number of hydrogen-bond acceptors (Lipinski definition) is 7. The van der Waals surface area contributed by atoms with Gasteiger partial charge in [0.1, 0.15) is 17.2 Å². The van der Waals surface area contributed by atoms with E-state index in [1.165, 1.54) is 23.2 Å². The van der Waals surface area contributed by atoms with Gasteiger partial charge in [-0.2, -0.15) is 5.10 Å². The predicted molar refractivity (Wildman–Crippen MR) is 174 cm³/mol. The van der Waals surface area contributed by atoms with Crippen LogP contribution >= 0.6 is 11.9 Å². The lowest BCUT2D eigenvalue weighted by molar-refractivity contribution is 0.0718. The third-order valence-electron chi connectivity index (χ3n) is 7.67. The zero-order chi connectivity index (χ0) is 31.4. The summed E-state index contributed by atoms with van der Waals surface area (Å²) in [5.74, 6) is -0.205. The van der Waals surface area contributed by atoms with Crippen LogP contribution in [0.15, 0.2) is 75.9 Å². The number of fused-ring (bicyclic) bond motifs is 2. The fraction of sp³-hybridized carbons (Fsp3) is 0.273. The van der Waals surface area contributed by atoms with E-state index in [-0.39, 0.29) is 23.2 Å². The zero-order valence-corrected chi connectivity index (χ0v) is 25.9. The second-order valence-corrected chi connectivity index (χ2v) is 11.3. The summed E-state index contributed by atoms with van der Waals surface area (Å²) in [7, 11) is 5.11. The first kappa shape index (κ1) is 30.8. The highest BCUT2D eigenvalue weighted by Crippen LogP contribution is 2.36. The Morgan fingerprint density at radius 1 is 0.977 bits per heavy atom. The number of amides is 2. The van der Waals surface area contributed by atoms with Gasteiger partial charge >= 0.3 is 0 Å². The van der Waals surface area contributed by atoms with E-state index < -0.39 is 0 Å². The third kappa shape index (κ3) is 6.19. The van der Waals surface area contributed by atoms with Gasteiger partial charge in [0.2, 0.25) is 0 Å². The topological polar surface area (TPSA) is 101 Å². The Bertz CT molecular complexity index is 1880. The van der Waals surface area contributed by atoms with Crippen molar-refractivity contribution in [2.45, 2.75) is 19.3 Å². The average molecular weight is 616 g/mol. The Kier molecular flexibility index (Phi) is 9.34. The summed E-state index contributed by atoms with van der Waals surface area (Å²) in [6, 6.07) is 18.8. The molecule has 3 heterocycles. The number of furan rings is 1. The Morgan fingerprint density at radius 3 is 2.32 bits per heavy atom. The van der Waals surface area contributed by atoms with Crippen LogP contribution in [0.2, 0.25) is 0 Å². The van der Waals surface area contributed by atoms with Gasteiger partial charge in [0, 0.05) is 62.9 Å². The molecule has 0 saturated carbocycles. The average Bonchev–Trinajstić information content (AvgIpc) is 3.45. The first-order valence-electron chi connectivity index (χ1n) is 14.3. The van der Waals surface area contributed by atoms with E-state index in [2.05, 4.69) is 10.4 Å². The van der Waals surface area contributed by atoms with E-state index in [0.29, 0.717) is 38.9 Å². The number of rotatable bonds is 5. The van der Waals surface area contributed by atoms with E-state index in [1.807, 2.05) is 46.8 Å². The lowest BCUT2D eigenvalue weighted by Gasteiger charge is -2.26. The lowest BCUT2D eigenvalue weighted by Crippen LogP contribution is -2.37. The van der Waals surface area contributed by atoms with Crippen molar-refractivity contribution in [1.29, 1.82) is 0 Å². The second kappa shape index (κ2) is 13.3. The molecule has 0 bridgehead atoms. The van der Waals surface area contributed by atoms with Crippen LogP contribution in [0.5, 0.6) is 0 Å². The van der Waals surface area contributed by atoms with Gasteiger partial charge in [0.25, 0.3) is 17.4 Å². The molecule has 11 heteroatoms. The van der Waals surface area contributed by atoms with E-state index in [4.69, 9.17) is 4.42 Å². The number of piperidine rings is 1. The molecule has 5 aromatic rings. The maximum atomic E-state index is 13.2. The SMILES string of the molecule is CNC(=O)c1c(-c2ccc(F)cc2)oc2cc(N(C)SC)ccc12.Cn1nc(C(=O)N2CCCCC2)c2ccccc2c1=O. The van der Waals surface area contributed by atoms with Gasteiger partial charge in [-0.25, -0.2) is 9.07 Å². The number of aryl methyl sites for hydroxylation is 1. The number of aromatic nitrogens is 2. The minimum Gasteiger partial charge on any atom is -0.455 e. The molecule has 9 nitrogen and oxygen atoms in total. The molecular formula is C33H34FN5O4S.